The topological polar surface area (TPSA) is 75.4 Å². The van der Waals surface area contributed by atoms with E-state index in [4.69, 9.17) is 4.42 Å². The lowest BCUT2D eigenvalue weighted by molar-refractivity contribution is 0.282. The smallest absolute Gasteiger partial charge is 0.190 e. The first kappa shape index (κ1) is 14.3. The van der Waals surface area contributed by atoms with E-state index < -0.39 is 0 Å². The Hall–Kier alpha value is -3.25. The number of hydrogen-bond acceptors (Lipinski definition) is 5. The lowest BCUT2D eigenvalue weighted by atomic mass is 10.3. The van der Waals surface area contributed by atoms with E-state index in [2.05, 4.69) is 15.2 Å². The van der Waals surface area contributed by atoms with Gasteiger partial charge in [-0.25, -0.2) is 4.98 Å². The molecule has 3 heterocycles. The molecule has 0 aliphatic carbocycles. The van der Waals surface area contributed by atoms with Crippen molar-refractivity contribution < 1.29 is 9.52 Å². The Labute approximate surface area is 137 Å². The van der Waals surface area contributed by atoms with Gasteiger partial charge in [0.25, 0.3) is 0 Å². The molecule has 0 unspecified atom stereocenters. The predicted molar refractivity (Wildman–Crippen MR) is 89.4 cm³/mol. The summed E-state index contributed by atoms with van der Waals surface area (Å²) in [6, 6.07) is 16.8. The van der Waals surface area contributed by atoms with Crippen LogP contribution in [0.3, 0.4) is 0 Å². The van der Waals surface area contributed by atoms with Gasteiger partial charge in [0.15, 0.2) is 17.3 Å². The van der Waals surface area contributed by atoms with E-state index >= 15 is 0 Å². The number of imidazole rings is 1. The lowest BCUT2D eigenvalue weighted by Gasteiger charge is -1.99. The molecule has 6 heteroatoms. The maximum Gasteiger partial charge on any atom is 0.190 e. The zero-order chi connectivity index (χ0) is 16.4. The van der Waals surface area contributed by atoms with Crippen molar-refractivity contribution in [2.24, 2.45) is 10.2 Å². The van der Waals surface area contributed by atoms with Crippen molar-refractivity contribution in [2.45, 2.75) is 6.61 Å². The van der Waals surface area contributed by atoms with Gasteiger partial charge < -0.3 is 9.52 Å². The molecular formula is C18H14N4O2. The van der Waals surface area contributed by atoms with Gasteiger partial charge in [-0.2, -0.15) is 0 Å². The average Bonchev–Trinajstić information content (AvgIpc) is 3.27. The van der Waals surface area contributed by atoms with Crippen LogP contribution in [0.15, 0.2) is 81.7 Å². The maximum atomic E-state index is 9.31. The molecule has 0 saturated carbocycles. The van der Waals surface area contributed by atoms with Gasteiger partial charge in [-0.15, -0.1) is 10.2 Å². The summed E-state index contributed by atoms with van der Waals surface area (Å²) < 4.78 is 7.29. The highest BCUT2D eigenvalue weighted by Crippen LogP contribution is 2.32. The van der Waals surface area contributed by atoms with Crippen LogP contribution in [-0.2, 0) is 6.61 Å². The molecule has 4 rings (SSSR count). The Morgan fingerprint density at radius 2 is 1.92 bits per heavy atom. The summed E-state index contributed by atoms with van der Waals surface area (Å²) in [5.41, 5.74) is 2.82. The molecule has 0 atom stereocenters. The molecule has 0 aliphatic rings. The summed E-state index contributed by atoms with van der Waals surface area (Å²) in [7, 11) is 0. The zero-order valence-corrected chi connectivity index (χ0v) is 12.7. The van der Waals surface area contributed by atoms with Crippen molar-refractivity contribution in [3.63, 3.8) is 0 Å². The number of fused-ring (bicyclic) bond motifs is 1. The van der Waals surface area contributed by atoms with Crippen LogP contribution >= 0.6 is 0 Å². The number of rotatable bonds is 4. The molecule has 24 heavy (non-hydrogen) atoms. The van der Waals surface area contributed by atoms with E-state index in [0.717, 1.165) is 11.3 Å². The fourth-order valence-electron chi connectivity index (χ4n) is 2.45. The number of benzene rings is 1. The minimum absolute atomic E-state index is 0.0414. The molecule has 0 saturated heterocycles. The highest BCUT2D eigenvalue weighted by Gasteiger charge is 2.16. The normalized spacial score (nSPS) is 11.5. The van der Waals surface area contributed by atoms with Gasteiger partial charge in [-0.1, -0.05) is 18.2 Å². The molecule has 0 aliphatic heterocycles. The second-order valence-corrected chi connectivity index (χ2v) is 5.22. The summed E-state index contributed by atoms with van der Waals surface area (Å²) in [5, 5.41) is 18.0. The first-order chi connectivity index (χ1) is 11.8. The van der Waals surface area contributed by atoms with Crippen molar-refractivity contribution in [2.75, 3.05) is 0 Å². The second kappa shape index (κ2) is 6.10. The maximum absolute atomic E-state index is 9.31. The van der Waals surface area contributed by atoms with Crippen molar-refractivity contribution >= 4 is 17.2 Å². The Morgan fingerprint density at radius 1 is 1.04 bits per heavy atom. The predicted octanol–water partition coefficient (Wildman–Crippen LogP) is 4.50. The Morgan fingerprint density at radius 3 is 2.67 bits per heavy atom. The molecule has 1 aromatic carbocycles. The van der Waals surface area contributed by atoms with Crippen LogP contribution in [0.2, 0.25) is 0 Å². The summed E-state index contributed by atoms with van der Waals surface area (Å²) in [6.45, 7) is -0.0414. The monoisotopic (exact) mass is 318 g/mol. The molecule has 118 valence electrons. The van der Waals surface area contributed by atoms with Crippen LogP contribution in [0.4, 0.5) is 11.5 Å². The average molecular weight is 318 g/mol. The largest absolute Gasteiger partial charge is 0.463 e. The van der Waals surface area contributed by atoms with E-state index in [-0.39, 0.29) is 6.61 Å². The number of azo groups is 1. The number of aliphatic hydroxyl groups excluding tert-OH is 1. The number of aromatic nitrogens is 2. The number of nitrogens with zero attached hydrogens (tertiary/aromatic N) is 4. The molecule has 3 aromatic heterocycles. The molecule has 6 nitrogen and oxygen atoms in total. The first-order valence-electron chi connectivity index (χ1n) is 7.47. The highest BCUT2D eigenvalue weighted by molar-refractivity contribution is 5.71. The Balaban J connectivity index is 1.88. The molecule has 0 radical (unpaired) electrons. The minimum atomic E-state index is -0.0414. The van der Waals surface area contributed by atoms with E-state index in [0.29, 0.717) is 22.9 Å². The van der Waals surface area contributed by atoms with Crippen LogP contribution in [0.5, 0.6) is 0 Å². The first-order valence-corrected chi connectivity index (χ1v) is 7.47. The Kier molecular flexibility index (Phi) is 3.64. The molecule has 0 spiro atoms. The van der Waals surface area contributed by atoms with E-state index in [1.807, 2.05) is 59.1 Å². The van der Waals surface area contributed by atoms with Crippen LogP contribution in [0.25, 0.3) is 17.1 Å². The third-order valence-electron chi connectivity index (χ3n) is 3.62. The summed E-state index contributed by atoms with van der Waals surface area (Å²) in [5.74, 6) is 1.19. The van der Waals surface area contributed by atoms with Crippen LogP contribution in [0, 0.1) is 0 Å². The van der Waals surface area contributed by atoms with Crippen molar-refractivity contribution in [3.05, 3.63) is 72.6 Å². The fraction of sp³-hybridized carbons (Fsp3) is 0.0556. The van der Waals surface area contributed by atoms with E-state index in [1.54, 1.807) is 12.3 Å². The SMILES string of the molecule is OCc1ccn2c(N=Nc3ccccc3)c(-c3ccco3)nc2c1. The van der Waals surface area contributed by atoms with Gasteiger partial charge in [0.2, 0.25) is 0 Å². The molecule has 1 N–H and O–H groups in total. The van der Waals surface area contributed by atoms with Crippen molar-refractivity contribution in [1.82, 2.24) is 9.38 Å². The quantitative estimate of drug-likeness (QED) is 0.563. The van der Waals surface area contributed by atoms with Gasteiger partial charge >= 0.3 is 0 Å². The van der Waals surface area contributed by atoms with Gasteiger partial charge in [-0.3, -0.25) is 4.40 Å². The molecule has 0 bridgehead atoms. The third kappa shape index (κ3) is 2.59. The Bertz CT molecular complexity index is 989. The van der Waals surface area contributed by atoms with Crippen LogP contribution < -0.4 is 0 Å². The number of aliphatic hydroxyl groups is 1. The minimum Gasteiger partial charge on any atom is -0.463 e. The molecule has 0 amide bonds. The molecule has 0 fully saturated rings. The summed E-state index contributed by atoms with van der Waals surface area (Å²) >= 11 is 0. The molecular weight excluding hydrogens is 304 g/mol. The van der Waals surface area contributed by atoms with Crippen LogP contribution in [-0.4, -0.2) is 14.5 Å². The zero-order valence-electron chi connectivity index (χ0n) is 12.7. The number of furan rings is 1. The van der Waals surface area contributed by atoms with E-state index in [9.17, 15) is 5.11 Å². The van der Waals surface area contributed by atoms with E-state index in [1.165, 1.54) is 0 Å². The fourth-order valence-corrected chi connectivity index (χ4v) is 2.45. The van der Waals surface area contributed by atoms with Gasteiger partial charge in [0.1, 0.15) is 5.65 Å². The number of hydrogen-bond donors (Lipinski definition) is 1. The highest BCUT2D eigenvalue weighted by atomic mass is 16.3. The van der Waals surface area contributed by atoms with Gasteiger partial charge in [0, 0.05) is 6.20 Å². The molecule has 4 aromatic rings. The standard InChI is InChI=1S/C18H14N4O2/c23-12-13-8-9-22-16(11-13)19-17(15-7-4-10-24-15)18(22)21-20-14-5-2-1-3-6-14/h1-11,23H,12H2. The summed E-state index contributed by atoms with van der Waals surface area (Å²) in [6.07, 6.45) is 3.41. The lowest BCUT2D eigenvalue weighted by Crippen LogP contribution is -1.88. The van der Waals surface area contributed by atoms with Crippen molar-refractivity contribution in [1.29, 1.82) is 0 Å². The third-order valence-corrected chi connectivity index (χ3v) is 3.62. The van der Waals surface area contributed by atoms with Gasteiger partial charge in [-0.05, 0) is 42.0 Å². The van der Waals surface area contributed by atoms with Crippen LogP contribution in [0.1, 0.15) is 5.56 Å². The van der Waals surface area contributed by atoms with Crippen molar-refractivity contribution in [3.8, 4) is 11.5 Å². The second-order valence-electron chi connectivity index (χ2n) is 5.22. The summed E-state index contributed by atoms with van der Waals surface area (Å²) in [4.78, 5) is 4.58. The number of pyridine rings is 1. The van der Waals surface area contributed by atoms with Gasteiger partial charge in [0.05, 0.1) is 18.6 Å².